The van der Waals surface area contributed by atoms with E-state index in [1.165, 1.54) is 4.88 Å². The van der Waals surface area contributed by atoms with Gasteiger partial charge in [0, 0.05) is 15.4 Å². The number of carbonyl (C=O) groups is 1. The van der Waals surface area contributed by atoms with Crippen molar-refractivity contribution in [3.8, 4) is 0 Å². The highest BCUT2D eigenvalue weighted by atomic mass is 32.1. The molecule has 5 heteroatoms. The summed E-state index contributed by atoms with van der Waals surface area (Å²) < 4.78 is 5.44. The Kier molecular flexibility index (Phi) is 3.42. The number of hydrogen-bond acceptors (Lipinski definition) is 4. The van der Waals surface area contributed by atoms with Gasteiger partial charge >= 0.3 is 0 Å². The number of carbonyl (C=O) groups excluding carboxylic acids is 1. The minimum Gasteiger partial charge on any atom is -0.467 e. The zero-order valence-electron chi connectivity index (χ0n) is 12.7. The van der Waals surface area contributed by atoms with E-state index in [0.717, 1.165) is 16.3 Å². The number of fused-ring (bicyclic) bond motifs is 1. The molecule has 2 aromatic heterocycles. The van der Waals surface area contributed by atoms with Crippen LogP contribution in [0.2, 0.25) is 0 Å². The van der Waals surface area contributed by atoms with Crippen LogP contribution in [-0.2, 0) is 6.54 Å². The molecule has 0 fully saturated rings. The van der Waals surface area contributed by atoms with Crippen LogP contribution in [0.15, 0.2) is 59.2 Å². The number of nitrogens with zero attached hydrogens (tertiary/aromatic N) is 1. The largest absolute Gasteiger partial charge is 0.467 e. The highest BCUT2D eigenvalue weighted by molar-refractivity contribution is 7.12. The quantitative estimate of drug-likeness (QED) is 0.776. The van der Waals surface area contributed by atoms with Gasteiger partial charge in [-0.15, -0.1) is 11.3 Å². The molecule has 1 N–H and O–H groups in total. The number of thiophene rings is 1. The van der Waals surface area contributed by atoms with Gasteiger partial charge in [-0.3, -0.25) is 4.79 Å². The molecule has 0 aliphatic carbocycles. The summed E-state index contributed by atoms with van der Waals surface area (Å²) >= 11 is 1.70. The van der Waals surface area contributed by atoms with Crippen LogP contribution in [0.1, 0.15) is 32.0 Å². The van der Waals surface area contributed by atoms with Crippen molar-refractivity contribution >= 4 is 22.9 Å². The van der Waals surface area contributed by atoms with E-state index in [1.54, 1.807) is 17.6 Å². The molecule has 0 saturated heterocycles. The maximum atomic E-state index is 13.0. The van der Waals surface area contributed by atoms with Crippen LogP contribution in [0.3, 0.4) is 0 Å². The van der Waals surface area contributed by atoms with Crippen molar-refractivity contribution in [3.63, 3.8) is 0 Å². The molecule has 3 aromatic rings. The standard InChI is InChI=1S/C18H16N2O2S/c1-12-8-9-16(23-12)17-19-15-7-3-2-6-14(15)18(21)20(17)11-13-5-4-10-22-13/h2-10,17,19H,11H2,1H3. The first-order valence-electron chi connectivity index (χ1n) is 7.47. The van der Waals surface area contributed by atoms with E-state index in [9.17, 15) is 4.79 Å². The zero-order valence-corrected chi connectivity index (χ0v) is 13.5. The van der Waals surface area contributed by atoms with Crippen molar-refractivity contribution in [1.29, 1.82) is 0 Å². The number of rotatable bonds is 3. The monoisotopic (exact) mass is 324 g/mol. The lowest BCUT2D eigenvalue weighted by Crippen LogP contribution is -2.42. The lowest BCUT2D eigenvalue weighted by molar-refractivity contribution is 0.0654. The van der Waals surface area contributed by atoms with Gasteiger partial charge in [-0.1, -0.05) is 12.1 Å². The number of nitrogens with one attached hydrogen (secondary N) is 1. The molecule has 1 amide bonds. The topological polar surface area (TPSA) is 45.5 Å². The second-order valence-corrected chi connectivity index (χ2v) is 6.87. The van der Waals surface area contributed by atoms with Crippen molar-refractivity contribution in [2.45, 2.75) is 19.6 Å². The van der Waals surface area contributed by atoms with E-state index in [0.29, 0.717) is 12.1 Å². The molecule has 4 rings (SSSR count). The molecule has 116 valence electrons. The molecule has 23 heavy (non-hydrogen) atoms. The molecule has 3 heterocycles. The van der Waals surface area contributed by atoms with Crippen LogP contribution in [0.25, 0.3) is 0 Å². The van der Waals surface area contributed by atoms with Crippen LogP contribution < -0.4 is 5.32 Å². The Morgan fingerprint density at radius 2 is 2.04 bits per heavy atom. The smallest absolute Gasteiger partial charge is 0.258 e. The van der Waals surface area contributed by atoms with Gasteiger partial charge < -0.3 is 14.6 Å². The van der Waals surface area contributed by atoms with Gasteiger partial charge in [0.15, 0.2) is 0 Å². The predicted octanol–water partition coefficient (Wildman–Crippen LogP) is 4.42. The van der Waals surface area contributed by atoms with Gasteiger partial charge in [-0.05, 0) is 43.3 Å². The van der Waals surface area contributed by atoms with E-state index in [1.807, 2.05) is 41.3 Å². The Balaban J connectivity index is 1.76. The fourth-order valence-corrected chi connectivity index (χ4v) is 3.79. The van der Waals surface area contributed by atoms with Crippen molar-refractivity contribution in [1.82, 2.24) is 4.90 Å². The summed E-state index contributed by atoms with van der Waals surface area (Å²) in [7, 11) is 0. The van der Waals surface area contributed by atoms with Crippen molar-refractivity contribution in [3.05, 3.63) is 75.9 Å². The first-order chi connectivity index (χ1) is 11.2. The summed E-state index contributed by atoms with van der Waals surface area (Å²) in [5, 5.41) is 3.49. The second kappa shape index (κ2) is 5.59. The van der Waals surface area contributed by atoms with E-state index in [4.69, 9.17) is 4.42 Å². The van der Waals surface area contributed by atoms with E-state index in [-0.39, 0.29) is 12.1 Å². The van der Waals surface area contributed by atoms with E-state index >= 15 is 0 Å². The van der Waals surface area contributed by atoms with Gasteiger partial charge in [0.25, 0.3) is 5.91 Å². The molecule has 1 aliphatic heterocycles. The number of anilines is 1. The van der Waals surface area contributed by atoms with Crippen molar-refractivity contribution in [2.75, 3.05) is 5.32 Å². The van der Waals surface area contributed by atoms with Crippen LogP contribution in [0.5, 0.6) is 0 Å². The lowest BCUT2D eigenvalue weighted by Gasteiger charge is -2.37. The molecule has 1 unspecified atom stereocenters. The number of amides is 1. The van der Waals surface area contributed by atoms with Gasteiger partial charge in [0.05, 0.1) is 18.4 Å². The van der Waals surface area contributed by atoms with Crippen molar-refractivity contribution in [2.24, 2.45) is 0 Å². The third-order valence-electron chi connectivity index (χ3n) is 3.96. The summed E-state index contributed by atoms with van der Waals surface area (Å²) in [6, 6.07) is 15.5. The predicted molar refractivity (Wildman–Crippen MR) is 90.4 cm³/mol. The SMILES string of the molecule is Cc1ccc(C2Nc3ccccc3C(=O)N2Cc2ccco2)s1. The lowest BCUT2D eigenvalue weighted by atomic mass is 10.1. The minimum absolute atomic E-state index is 0.0202. The van der Waals surface area contributed by atoms with Crippen LogP contribution in [-0.4, -0.2) is 10.8 Å². The van der Waals surface area contributed by atoms with Crippen LogP contribution >= 0.6 is 11.3 Å². The highest BCUT2D eigenvalue weighted by Crippen LogP contribution is 2.36. The van der Waals surface area contributed by atoms with Gasteiger partial charge in [0.1, 0.15) is 11.9 Å². The molecule has 1 aromatic carbocycles. The average molecular weight is 324 g/mol. The second-order valence-electron chi connectivity index (χ2n) is 5.55. The third kappa shape index (κ3) is 2.53. The maximum Gasteiger partial charge on any atom is 0.258 e. The summed E-state index contributed by atoms with van der Waals surface area (Å²) in [6.07, 6.45) is 1.45. The summed E-state index contributed by atoms with van der Waals surface area (Å²) in [6.45, 7) is 2.51. The molecular formula is C18H16N2O2S. The third-order valence-corrected chi connectivity index (χ3v) is 5.01. The Bertz CT molecular complexity index is 838. The Morgan fingerprint density at radius 1 is 1.17 bits per heavy atom. The number of benzene rings is 1. The Labute approximate surface area is 138 Å². The Morgan fingerprint density at radius 3 is 2.78 bits per heavy atom. The Hall–Kier alpha value is -2.53. The molecule has 1 aliphatic rings. The fraction of sp³-hybridized carbons (Fsp3) is 0.167. The molecule has 4 nitrogen and oxygen atoms in total. The van der Waals surface area contributed by atoms with Crippen LogP contribution in [0, 0.1) is 6.92 Å². The molecule has 0 radical (unpaired) electrons. The van der Waals surface area contributed by atoms with E-state index < -0.39 is 0 Å². The normalized spacial score (nSPS) is 17.0. The summed E-state index contributed by atoms with van der Waals surface area (Å²) in [4.78, 5) is 17.2. The molecule has 1 atom stereocenters. The molecule has 0 bridgehead atoms. The highest BCUT2D eigenvalue weighted by Gasteiger charge is 2.33. The number of aryl methyl sites for hydroxylation is 1. The number of hydrogen-bond donors (Lipinski definition) is 1. The van der Waals surface area contributed by atoms with Crippen LogP contribution in [0.4, 0.5) is 5.69 Å². The first-order valence-corrected chi connectivity index (χ1v) is 8.29. The molecule has 0 spiro atoms. The zero-order chi connectivity index (χ0) is 15.8. The maximum absolute atomic E-state index is 13.0. The minimum atomic E-state index is -0.179. The number of furan rings is 1. The molecular weight excluding hydrogens is 308 g/mol. The molecule has 0 saturated carbocycles. The average Bonchev–Trinajstić information content (AvgIpc) is 3.21. The number of para-hydroxylation sites is 1. The first kappa shape index (κ1) is 14.1. The summed E-state index contributed by atoms with van der Waals surface area (Å²) in [5.74, 6) is 0.796. The van der Waals surface area contributed by atoms with E-state index in [2.05, 4.69) is 24.4 Å². The van der Waals surface area contributed by atoms with Gasteiger partial charge in [0.2, 0.25) is 0 Å². The van der Waals surface area contributed by atoms with Gasteiger partial charge in [-0.2, -0.15) is 0 Å². The van der Waals surface area contributed by atoms with Crippen molar-refractivity contribution < 1.29 is 9.21 Å². The fourth-order valence-electron chi connectivity index (χ4n) is 2.85. The van der Waals surface area contributed by atoms with Gasteiger partial charge in [-0.25, -0.2) is 0 Å². The summed E-state index contributed by atoms with van der Waals surface area (Å²) in [5.41, 5.74) is 1.58.